The van der Waals surface area contributed by atoms with Gasteiger partial charge in [-0.25, -0.2) is 0 Å². The van der Waals surface area contributed by atoms with Gasteiger partial charge in [0.1, 0.15) is 0 Å². The minimum atomic E-state index is 0. The summed E-state index contributed by atoms with van der Waals surface area (Å²) in [7, 11) is 0. The fraction of sp³-hybridized carbons (Fsp3) is 0.412. The molecule has 4 heteroatoms. The minimum Gasteiger partial charge on any atom is -1.00 e. The van der Waals surface area contributed by atoms with E-state index in [1.165, 1.54) is 26.1 Å². The van der Waals surface area contributed by atoms with Crippen molar-refractivity contribution in [2.75, 3.05) is 0 Å². The average Bonchev–Trinajstić information content (AvgIpc) is 2.71. The maximum Gasteiger partial charge on any atom is -1.00 e. The summed E-state index contributed by atoms with van der Waals surface area (Å²) in [6, 6.07) is 4.50. The second kappa shape index (κ2) is 8.80. The third-order valence-electron chi connectivity index (χ3n) is 4.26. The van der Waals surface area contributed by atoms with Gasteiger partial charge < -0.3 is 37.2 Å². The smallest absolute Gasteiger partial charge is 1.00 e. The van der Waals surface area contributed by atoms with Crippen LogP contribution < -0.4 is 37.2 Å². The van der Waals surface area contributed by atoms with Crippen LogP contribution in [0.1, 0.15) is 42.5 Å². The molecule has 114 valence electrons. The molecule has 1 aliphatic rings. The molecule has 1 aromatic rings. The molecule has 21 heavy (non-hydrogen) atoms. The molecule has 0 amide bonds. The first-order valence-corrected chi connectivity index (χ1v) is 7.33. The van der Waals surface area contributed by atoms with E-state index in [1.807, 2.05) is 0 Å². The number of halogens is 3. The molecule has 0 atom stereocenters. The van der Waals surface area contributed by atoms with Crippen molar-refractivity contribution >= 4 is 0 Å². The van der Waals surface area contributed by atoms with Gasteiger partial charge >= 0.3 is 123 Å². The predicted molar refractivity (Wildman–Crippen MR) is 74.5 cm³/mol. The molecule has 2 rings (SSSR count). The Kier molecular flexibility index (Phi) is 9.86. The first kappa shape index (κ1) is 23.5. The summed E-state index contributed by atoms with van der Waals surface area (Å²) in [5.74, 6) is 0. The predicted octanol–water partition coefficient (Wildman–Crippen LogP) is -4.34. The SMILES string of the molecule is Cc1ccc(C)c(C(C)(C)C2=[C]([Ti+3])C=CC2)c1C.[Cl-].[Cl-].[Cl-]. The van der Waals surface area contributed by atoms with Gasteiger partial charge in [0.15, 0.2) is 0 Å². The molecule has 0 aliphatic heterocycles. The Balaban J connectivity index is 0. The summed E-state index contributed by atoms with van der Waals surface area (Å²) in [4.78, 5) is 0. The monoisotopic (exact) mass is 378 g/mol. The molecule has 0 aromatic heterocycles. The number of hydrogen-bond donors (Lipinski definition) is 0. The van der Waals surface area contributed by atoms with Crippen LogP contribution in [0.3, 0.4) is 0 Å². The van der Waals surface area contributed by atoms with Crippen molar-refractivity contribution in [3.8, 4) is 0 Å². The maximum atomic E-state index is 2.37. The summed E-state index contributed by atoms with van der Waals surface area (Å²) >= 11 is 2.24. The Hall–Kier alpha value is 0.284. The Bertz CT molecular complexity index is 557. The quantitative estimate of drug-likeness (QED) is 0.456. The van der Waals surface area contributed by atoms with Crippen LogP contribution in [0.2, 0.25) is 0 Å². The third-order valence-corrected chi connectivity index (χ3v) is 4.99. The third kappa shape index (κ3) is 4.39. The first-order chi connectivity index (χ1) is 8.35. The van der Waals surface area contributed by atoms with Crippen molar-refractivity contribution in [1.29, 1.82) is 0 Å². The van der Waals surface area contributed by atoms with E-state index in [0.717, 1.165) is 6.42 Å². The zero-order valence-electron chi connectivity index (χ0n) is 13.2. The molecule has 0 unspecified atom stereocenters. The van der Waals surface area contributed by atoms with E-state index in [2.05, 4.69) is 79.3 Å². The van der Waals surface area contributed by atoms with Crippen LogP contribution in [-0.4, -0.2) is 0 Å². The second-order valence-electron chi connectivity index (χ2n) is 5.82. The summed E-state index contributed by atoms with van der Waals surface area (Å²) in [6.07, 6.45) is 5.65. The molecule has 0 fully saturated rings. The van der Waals surface area contributed by atoms with Gasteiger partial charge in [0.25, 0.3) is 0 Å². The summed E-state index contributed by atoms with van der Waals surface area (Å²) in [5, 5.41) is 0. The van der Waals surface area contributed by atoms with Gasteiger partial charge in [0.05, 0.1) is 0 Å². The number of aryl methyl sites for hydroxylation is 2. The molecule has 0 spiro atoms. The van der Waals surface area contributed by atoms with E-state index in [1.54, 1.807) is 5.57 Å². The van der Waals surface area contributed by atoms with Crippen LogP contribution in [0.5, 0.6) is 0 Å². The molecule has 1 aromatic carbocycles. The van der Waals surface area contributed by atoms with E-state index in [0.29, 0.717) is 0 Å². The standard InChI is InChI=1S/C17H21.3ClH.Ti/c1-12-10-11-13(2)16(14(12)3)17(4,5)15-8-6-7-9-15;;;;/h6-7,10-11H,8H2,1-5H3;3*1H;/q;;;;+3/p-3. The number of rotatable bonds is 2. The van der Waals surface area contributed by atoms with Crippen LogP contribution in [0.4, 0.5) is 0 Å². The van der Waals surface area contributed by atoms with E-state index < -0.39 is 0 Å². The van der Waals surface area contributed by atoms with Gasteiger partial charge in [-0.15, -0.1) is 0 Å². The molecular weight excluding hydrogens is 358 g/mol. The van der Waals surface area contributed by atoms with Crippen molar-refractivity contribution < 1.29 is 57.7 Å². The molecule has 0 saturated heterocycles. The van der Waals surface area contributed by atoms with Crippen LogP contribution >= 0.6 is 0 Å². The Morgan fingerprint density at radius 1 is 0.952 bits per heavy atom. The zero-order chi connectivity index (χ0) is 13.5. The van der Waals surface area contributed by atoms with Gasteiger partial charge in [-0.3, -0.25) is 0 Å². The number of benzene rings is 1. The first-order valence-electron chi connectivity index (χ1n) is 6.54. The molecule has 0 nitrogen and oxygen atoms in total. The van der Waals surface area contributed by atoms with Crippen LogP contribution in [0.15, 0.2) is 33.7 Å². The molecule has 0 bridgehead atoms. The summed E-state index contributed by atoms with van der Waals surface area (Å²) in [6.45, 7) is 11.4. The van der Waals surface area contributed by atoms with E-state index in [9.17, 15) is 0 Å². The summed E-state index contributed by atoms with van der Waals surface area (Å²) in [5.41, 5.74) is 7.48. The van der Waals surface area contributed by atoms with Gasteiger partial charge in [0, 0.05) is 0 Å². The molecule has 0 radical (unpaired) electrons. The van der Waals surface area contributed by atoms with E-state index in [4.69, 9.17) is 0 Å². The molecular formula is C17H21Cl3Ti. The fourth-order valence-electron chi connectivity index (χ4n) is 3.16. The van der Waals surface area contributed by atoms with Crippen molar-refractivity contribution in [2.24, 2.45) is 0 Å². The number of allylic oxidation sites excluding steroid dienone is 4. The summed E-state index contributed by atoms with van der Waals surface area (Å²) < 4.78 is 1.44. The average molecular weight is 380 g/mol. The zero-order valence-corrected chi connectivity index (χ0v) is 17.0. The van der Waals surface area contributed by atoms with Crippen molar-refractivity contribution in [3.05, 3.63) is 56.0 Å². The van der Waals surface area contributed by atoms with Gasteiger partial charge in [-0.05, 0) is 0 Å². The second-order valence-corrected chi connectivity index (χ2v) is 6.66. The molecule has 0 N–H and O–H groups in total. The molecule has 0 saturated carbocycles. The topological polar surface area (TPSA) is 0 Å². The molecule has 0 heterocycles. The fourth-order valence-corrected chi connectivity index (χ4v) is 3.99. The Labute approximate surface area is 159 Å². The Morgan fingerprint density at radius 3 is 1.95 bits per heavy atom. The van der Waals surface area contributed by atoms with Crippen molar-refractivity contribution in [3.63, 3.8) is 0 Å². The van der Waals surface area contributed by atoms with Crippen LogP contribution in [0, 0.1) is 20.8 Å². The van der Waals surface area contributed by atoms with E-state index >= 15 is 0 Å². The number of hydrogen-bond acceptors (Lipinski definition) is 0. The van der Waals surface area contributed by atoms with Crippen LogP contribution in [-0.2, 0) is 25.9 Å². The van der Waals surface area contributed by atoms with Gasteiger partial charge in [-0.1, -0.05) is 0 Å². The minimum absolute atomic E-state index is 0. The largest absolute Gasteiger partial charge is 1.00 e. The van der Waals surface area contributed by atoms with Gasteiger partial charge in [0.2, 0.25) is 0 Å². The van der Waals surface area contributed by atoms with Gasteiger partial charge in [-0.2, -0.15) is 0 Å². The maximum absolute atomic E-state index is 2.37. The Morgan fingerprint density at radius 2 is 1.48 bits per heavy atom. The normalized spacial score (nSPS) is 13.5. The van der Waals surface area contributed by atoms with E-state index in [-0.39, 0.29) is 42.6 Å². The van der Waals surface area contributed by atoms with Crippen molar-refractivity contribution in [2.45, 2.75) is 46.5 Å². The van der Waals surface area contributed by atoms with Crippen LogP contribution in [0.25, 0.3) is 0 Å². The molecule has 1 aliphatic carbocycles. The van der Waals surface area contributed by atoms with Crippen molar-refractivity contribution in [1.82, 2.24) is 0 Å².